The second kappa shape index (κ2) is 5.63. The molecule has 2 atom stereocenters. The summed E-state index contributed by atoms with van der Waals surface area (Å²) in [7, 11) is 0. The third-order valence-corrected chi connectivity index (χ3v) is 2.17. The molecule has 3 heteroatoms. The van der Waals surface area contributed by atoms with Gasteiger partial charge in [-0.25, -0.2) is 0 Å². The maximum absolute atomic E-state index is 2.38. The molecule has 2 unspecified atom stereocenters. The van der Waals surface area contributed by atoms with Crippen molar-refractivity contribution in [2.45, 2.75) is 19.3 Å². The maximum Gasteiger partial charge on any atom is 2.00 e. The SMILES string of the molecule is C1=CC2CCC1C2.[Cl-].[Cl-].[Pt+2]. The molecule has 0 aliphatic heterocycles. The van der Waals surface area contributed by atoms with Crippen LogP contribution in [0, 0.1) is 11.8 Å². The molecule has 0 aromatic carbocycles. The first kappa shape index (κ1) is 13.6. The summed E-state index contributed by atoms with van der Waals surface area (Å²) in [5.41, 5.74) is 0. The molecule has 2 aliphatic rings. The van der Waals surface area contributed by atoms with Crippen LogP contribution in [-0.2, 0) is 21.1 Å². The quantitative estimate of drug-likeness (QED) is 0.386. The van der Waals surface area contributed by atoms with Crippen molar-refractivity contribution >= 4 is 0 Å². The Hall–Kier alpha value is 1.01. The molecule has 1 fully saturated rings. The van der Waals surface area contributed by atoms with Crippen LogP contribution < -0.4 is 24.8 Å². The third kappa shape index (κ3) is 2.56. The van der Waals surface area contributed by atoms with E-state index in [0.29, 0.717) is 0 Å². The fraction of sp³-hybridized carbons (Fsp3) is 0.714. The Balaban J connectivity index is 0. The van der Waals surface area contributed by atoms with E-state index in [4.69, 9.17) is 0 Å². The van der Waals surface area contributed by atoms with Crippen LogP contribution in [0.4, 0.5) is 0 Å². The maximum atomic E-state index is 2.38. The van der Waals surface area contributed by atoms with Crippen LogP contribution in [0.1, 0.15) is 19.3 Å². The predicted molar refractivity (Wildman–Crippen MR) is 30.0 cm³/mol. The molecule has 0 radical (unpaired) electrons. The fourth-order valence-corrected chi connectivity index (χ4v) is 1.72. The zero-order chi connectivity index (χ0) is 4.69. The van der Waals surface area contributed by atoms with Gasteiger partial charge in [0, 0.05) is 0 Å². The van der Waals surface area contributed by atoms with Crippen molar-refractivity contribution in [2.75, 3.05) is 0 Å². The molecule has 1 saturated carbocycles. The minimum absolute atomic E-state index is 0. The summed E-state index contributed by atoms with van der Waals surface area (Å²) in [6.45, 7) is 0. The van der Waals surface area contributed by atoms with Crippen molar-refractivity contribution < 1.29 is 45.9 Å². The molecule has 2 bridgehead atoms. The first-order chi connectivity index (χ1) is 3.45. The molecule has 2 aliphatic carbocycles. The number of rotatable bonds is 0. The second-order valence-electron chi connectivity index (χ2n) is 2.72. The number of fused-ring (bicyclic) bond motifs is 2. The van der Waals surface area contributed by atoms with Gasteiger partial charge in [-0.3, -0.25) is 0 Å². The summed E-state index contributed by atoms with van der Waals surface area (Å²) >= 11 is 0. The molecule has 0 amide bonds. The average molecular weight is 360 g/mol. The van der Waals surface area contributed by atoms with Gasteiger partial charge in [-0.2, -0.15) is 0 Å². The van der Waals surface area contributed by atoms with E-state index >= 15 is 0 Å². The minimum Gasteiger partial charge on any atom is -1.00 e. The average Bonchev–Trinajstić information content (AvgIpc) is 2.22. The summed E-state index contributed by atoms with van der Waals surface area (Å²) in [5.74, 6) is 1.98. The molecule has 2 rings (SSSR count). The van der Waals surface area contributed by atoms with Gasteiger partial charge in [0.25, 0.3) is 0 Å². The number of allylic oxidation sites excluding steroid dienone is 2. The van der Waals surface area contributed by atoms with Gasteiger partial charge in [0.2, 0.25) is 0 Å². The standard InChI is InChI=1S/C7H10.2ClH.Pt/c1-2-7-4-3-6(1)5-7;;;/h1-2,6-7H,3-5H2;2*1H;/q;;;+2/p-2. The van der Waals surface area contributed by atoms with Gasteiger partial charge < -0.3 is 24.8 Å². The minimum atomic E-state index is 0. The Morgan fingerprint density at radius 2 is 1.30 bits per heavy atom. The van der Waals surface area contributed by atoms with Crippen LogP contribution in [0.25, 0.3) is 0 Å². The monoisotopic (exact) mass is 359 g/mol. The normalized spacial score (nSPS) is 32.0. The van der Waals surface area contributed by atoms with E-state index in [1.54, 1.807) is 0 Å². The van der Waals surface area contributed by atoms with Gasteiger partial charge in [-0.15, -0.1) is 0 Å². The van der Waals surface area contributed by atoms with Gasteiger partial charge >= 0.3 is 21.1 Å². The number of hydrogen-bond acceptors (Lipinski definition) is 0. The van der Waals surface area contributed by atoms with Crippen LogP contribution in [0.2, 0.25) is 0 Å². The van der Waals surface area contributed by atoms with Crippen molar-refractivity contribution in [3.05, 3.63) is 12.2 Å². The smallest absolute Gasteiger partial charge is 1.00 e. The number of hydrogen-bond donors (Lipinski definition) is 0. The van der Waals surface area contributed by atoms with Crippen molar-refractivity contribution in [3.63, 3.8) is 0 Å². The Morgan fingerprint density at radius 1 is 0.900 bits per heavy atom. The molecule has 0 aromatic heterocycles. The van der Waals surface area contributed by atoms with Crippen molar-refractivity contribution in [3.8, 4) is 0 Å². The van der Waals surface area contributed by atoms with Crippen LogP contribution in [-0.4, -0.2) is 0 Å². The van der Waals surface area contributed by atoms with Gasteiger partial charge in [0.1, 0.15) is 0 Å². The predicted octanol–water partition coefficient (Wildman–Crippen LogP) is -4.02. The van der Waals surface area contributed by atoms with Gasteiger partial charge in [0.15, 0.2) is 0 Å². The van der Waals surface area contributed by atoms with E-state index in [9.17, 15) is 0 Å². The summed E-state index contributed by atoms with van der Waals surface area (Å²) in [6.07, 6.45) is 9.19. The van der Waals surface area contributed by atoms with Crippen molar-refractivity contribution in [1.29, 1.82) is 0 Å². The topological polar surface area (TPSA) is 0 Å². The van der Waals surface area contributed by atoms with E-state index in [1.165, 1.54) is 19.3 Å². The zero-order valence-corrected chi connectivity index (χ0v) is 9.29. The van der Waals surface area contributed by atoms with E-state index in [2.05, 4.69) is 12.2 Å². The molecular formula is C7H10Cl2Pt. The molecule has 0 spiro atoms. The van der Waals surface area contributed by atoms with Crippen molar-refractivity contribution in [1.82, 2.24) is 0 Å². The molecule has 0 heterocycles. The Kier molecular flexibility index (Phi) is 7.65. The first-order valence-electron chi connectivity index (χ1n) is 3.13. The Bertz CT molecular complexity index is 102. The van der Waals surface area contributed by atoms with Crippen molar-refractivity contribution in [2.24, 2.45) is 11.8 Å². The zero-order valence-electron chi connectivity index (χ0n) is 5.50. The molecule has 0 saturated heterocycles. The Morgan fingerprint density at radius 3 is 1.40 bits per heavy atom. The Labute approximate surface area is 88.9 Å². The molecule has 62 valence electrons. The van der Waals surface area contributed by atoms with Gasteiger partial charge in [-0.05, 0) is 31.1 Å². The molecular weight excluding hydrogens is 350 g/mol. The molecule has 0 N–H and O–H groups in total. The van der Waals surface area contributed by atoms with Crippen LogP contribution in [0.15, 0.2) is 12.2 Å². The first-order valence-corrected chi connectivity index (χ1v) is 3.13. The summed E-state index contributed by atoms with van der Waals surface area (Å²) in [6, 6.07) is 0. The molecule has 10 heavy (non-hydrogen) atoms. The third-order valence-electron chi connectivity index (χ3n) is 2.17. The largest absolute Gasteiger partial charge is 2.00 e. The summed E-state index contributed by atoms with van der Waals surface area (Å²) < 4.78 is 0. The van der Waals surface area contributed by atoms with Gasteiger partial charge in [0.05, 0.1) is 0 Å². The van der Waals surface area contributed by atoms with Crippen LogP contribution in [0.5, 0.6) is 0 Å². The van der Waals surface area contributed by atoms with Gasteiger partial charge in [-0.1, -0.05) is 12.2 Å². The van der Waals surface area contributed by atoms with Crippen LogP contribution in [0.3, 0.4) is 0 Å². The molecule has 0 nitrogen and oxygen atoms in total. The van der Waals surface area contributed by atoms with E-state index in [-0.39, 0.29) is 45.9 Å². The van der Waals surface area contributed by atoms with Crippen LogP contribution >= 0.6 is 0 Å². The number of halogens is 2. The van der Waals surface area contributed by atoms with E-state index < -0.39 is 0 Å². The molecule has 0 aromatic rings. The van der Waals surface area contributed by atoms with E-state index in [0.717, 1.165) is 11.8 Å². The summed E-state index contributed by atoms with van der Waals surface area (Å²) in [4.78, 5) is 0. The summed E-state index contributed by atoms with van der Waals surface area (Å²) in [5, 5.41) is 0. The fourth-order valence-electron chi connectivity index (χ4n) is 1.72. The second-order valence-corrected chi connectivity index (χ2v) is 2.72. The van der Waals surface area contributed by atoms with E-state index in [1.807, 2.05) is 0 Å².